The van der Waals surface area contributed by atoms with Gasteiger partial charge in [0.2, 0.25) is 0 Å². The topological polar surface area (TPSA) is 3.24 Å². The van der Waals surface area contributed by atoms with Crippen LogP contribution in [0.4, 0.5) is 0 Å². The highest BCUT2D eigenvalue weighted by Crippen LogP contribution is 2.34. The van der Waals surface area contributed by atoms with Gasteiger partial charge in [-0.05, 0) is 17.9 Å². The minimum Gasteiger partial charge on any atom is -0.378 e. The molecule has 2 atom stereocenters. The van der Waals surface area contributed by atoms with Gasteiger partial charge in [-0.1, -0.05) is 143 Å². The normalized spacial score (nSPS) is 19.4. The molecule has 4 aromatic carbocycles. The van der Waals surface area contributed by atoms with Gasteiger partial charge in [0.15, 0.2) is 0 Å². The first-order valence-corrected chi connectivity index (χ1v) is 12.4. The Morgan fingerprint density at radius 3 is 1.19 bits per heavy atom. The van der Waals surface area contributed by atoms with E-state index in [2.05, 4.69) is 133 Å². The molecule has 0 amide bonds. The van der Waals surface area contributed by atoms with E-state index in [1.807, 2.05) is 0 Å². The average molecular weight is 414 g/mol. The molecule has 1 heterocycles. The summed E-state index contributed by atoms with van der Waals surface area (Å²) in [7, 11) is 2.47. The third-order valence-corrected chi connectivity index (χ3v) is 8.95. The summed E-state index contributed by atoms with van der Waals surface area (Å²) >= 11 is 0. The van der Waals surface area contributed by atoms with E-state index in [0.29, 0.717) is 24.6 Å². The summed E-state index contributed by atoms with van der Waals surface area (Å²) in [5.74, 6) is 0. The predicted octanol–water partition coefficient (Wildman–Crippen LogP) is 3.73. The third kappa shape index (κ3) is 4.06. The Hall–Kier alpha value is -2.81. The van der Waals surface area contributed by atoms with Crippen molar-refractivity contribution < 1.29 is 0 Å². The summed E-state index contributed by atoms with van der Waals surface area (Å²) in [6, 6.07) is 44.5. The van der Waals surface area contributed by atoms with Crippen molar-refractivity contribution in [3.63, 3.8) is 0 Å². The van der Waals surface area contributed by atoms with Gasteiger partial charge >= 0.3 is 0 Å². The van der Waals surface area contributed by atoms with Crippen molar-refractivity contribution in [2.24, 2.45) is 0 Å². The van der Waals surface area contributed by atoms with Gasteiger partial charge < -0.3 is 4.72 Å². The number of hydrogen-bond donors (Lipinski definition) is 0. The predicted molar refractivity (Wildman–Crippen MR) is 137 cm³/mol. The second-order valence-electron chi connectivity index (χ2n) is 8.44. The van der Waals surface area contributed by atoms with Crippen LogP contribution in [0.25, 0.3) is 0 Å². The number of benzene rings is 4. The summed E-state index contributed by atoms with van der Waals surface area (Å²) in [5.41, 5.74) is 6.78. The van der Waals surface area contributed by atoms with Crippen LogP contribution in [0.3, 0.4) is 0 Å². The molecule has 1 aliphatic rings. The zero-order valence-corrected chi connectivity index (χ0v) is 19.0. The van der Waals surface area contributed by atoms with Crippen molar-refractivity contribution in [2.45, 2.75) is 10.9 Å². The van der Waals surface area contributed by atoms with Crippen molar-refractivity contribution in [1.82, 2.24) is 4.72 Å². The van der Waals surface area contributed by atoms with Crippen LogP contribution in [-0.4, -0.2) is 35.0 Å². The fourth-order valence-electron chi connectivity index (χ4n) is 5.24. The van der Waals surface area contributed by atoms with Crippen LogP contribution in [0.2, 0.25) is 0 Å². The summed E-state index contributed by atoms with van der Waals surface area (Å²) in [6.45, 7) is 0.729. The molecule has 1 radical (unpaired) electrons. The van der Waals surface area contributed by atoms with Crippen LogP contribution in [0.5, 0.6) is 0 Å². The first-order chi connectivity index (χ1) is 15.3. The van der Waals surface area contributed by atoms with Crippen molar-refractivity contribution in [3.05, 3.63) is 132 Å². The Morgan fingerprint density at radius 1 is 0.516 bits per heavy atom. The van der Waals surface area contributed by atoms with Crippen molar-refractivity contribution in [1.29, 1.82) is 0 Å². The molecule has 31 heavy (non-hydrogen) atoms. The van der Waals surface area contributed by atoms with Crippen molar-refractivity contribution in [3.8, 4) is 0 Å². The maximum Gasteiger partial charge on any atom is 0.250 e. The summed E-state index contributed by atoms with van der Waals surface area (Å²) < 4.78 is 2.65. The van der Waals surface area contributed by atoms with Crippen LogP contribution in [0.15, 0.2) is 121 Å². The van der Waals surface area contributed by atoms with Crippen LogP contribution >= 0.6 is 0 Å². The standard InChI is InChI=1S/C27H26B2NSi/c1-30-28(24-18-10-4-11-19-24)26(22-14-6-2-7-15-22)31-27(23-16-8-3-9-17-23)29(30)25-20-12-5-13-21-25/h2-21,26-27,31H,1H3. The maximum atomic E-state index is 2.65. The van der Waals surface area contributed by atoms with E-state index in [0.717, 1.165) is 0 Å². The minimum absolute atomic E-state index is 0.139. The molecule has 0 bridgehead atoms. The van der Waals surface area contributed by atoms with Crippen LogP contribution in [-0.2, 0) is 0 Å². The van der Waals surface area contributed by atoms with Gasteiger partial charge in [-0.15, -0.1) is 0 Å². The van der Waals surface area contributed by atoms with Crippen molar-refractivity contribution in [2.75, 3.05) is 7.05 Å². The smallest absolute Gasteiger partial charge is 0.250 e. The second-order valence-corrected chi connectivity index (χ2v) is 10.3. The van der Waals surface area contributed by atoms with E-state index in [-0.39, 0.29) is 9.52 Å². The van der Waals surface area contributed by atoms with Gasteiger partial charge in [-0.2, -0.15) is 0 Å². The van der Waals surface area contributed by atoms with Gasteiger partial charge in [-0.25, -0.2) is 0 Å². The molecule has 0 N–H and O–H groups in total. The van der Waals surface area contributed by atoms with Crippen molar-refractivity contribution >= 4 is 34.1 Å². The molecule has 4 aromatic rings. The lowest BCUT2D eigenvalue weighted by Crippen LogP contribution is -2.68. The van der Waals surface area contributed by atoms with Crippen LogP contribution < -0.4 is 10.9 Å². The largest absolute Gasteiger partial charge is 0.378 e. The molecular formula is C27H26B2NSi. The van der Waals surface area contributed by atoms with E-state index >= 15 is 0 Å². The van der Waals surface area contributed by atoms with Gasteiger partial charge in [0.1, 0.15) is 0 Å². The van der Waals surface area contributed by atoms with E-state index in [1.165, 1.54) is 22.1 Å². The SMILES string of the molecule is CN1B(c2ccccc2)C(c2ccccc2)[SiH]C(c2ccccc2)B1c1ccccc1. The summed E-state index contributed by atoms with van der Waals surface area (Å²) in [4.78, 5) is 0. The molecule has 0 spiro atoms. The molecule has 149 valence electrons. The molecule has 1 saturated heterocycles. The Balaban J connectivity index is 1.66. The highest BCUT2D eigenvalue weighted by atomic mass is 28.2. The van der Waals surface area contributed by atoms with E-state index < -0.39 is 0 Å². The van der Waals surface area contributed by atoms with E-state index in [1.54, 1.807) is 0 Å². The number of nitrogens with zero attached hydrogens (tertiary/aromatic N) is 1. The molecule has 4 heteroatoms. The van der Waals surface area contributed by atoms with Gasteiger partial charge in [0, 0.05) is 9.52 Å². The summed E-state index contributed by atoms with van der Waals surface area (Å²) in [6.07, 6.45) is 0. The monoisotopic (exact) mass is 414 g/mol. The average Bonchev–Trinajstić information content (AvgIpc) is 2.85. The fraction of sp³-hybridized carbons (Fsp3) is 0.111. The third-order valence-electron chi connectivity index (χ3n) is 6.62. The lowest BCUT2D eigenvalue weighted by molar-refractivity contribution is 0.772. The van der Waals surface area contributed by atoms with E-state index in [4.69, 9.17) is 0 Å². The molecule has 1 aliphatic heterocycles. The second kappa shape index (κ2) is 9.13. The number of rotatable bonds is 4. The maximum absolute atomic E-state index is 2.65. The van der Waals surface area contributed by atoms with Gasteiger partial charge in [-0.3, -0.25) is 0 Å². The van der Waals surface area contributed by atoms with Crippen LogP contribution in [0, 0.1) is 0 Å². The molecule has 0 aliphatic carbocycles. The molecular weight excluding hydrogens is 388 g/mol. The van der Waals surface area contributed by atoms with Crippen LogP contribution in [0.1, 0.15) is 22.0 Å². The van der Waals surface area contributed by atoms with Gasteiger partial charge in [0.25, 0.3) is 13.7 Å². The Morgan fingerprint density at radius 2 is 0.839 bits per heavy atom. The quantitative estimate of drug-likeness (QED) is 0.460. The molecule has 2 unspecified atom stereocenters. The number of hydrogen-bond acceptors (Lipinski definition) is 1. The lowest BCUT2D eigenvalue weighted by Gasteiger charge is -2.46. The zero-order chi connectivity index (χ0) is 21.0. The first-order valence-electron chi connectivity index (χ1n) is 11.1. The summed E-state index contributed by atoms with van der Waals surface area (Å²) in [5, 5.41) is 0. The zero-order valence-electron chi connectivity index (χ0n) is 17.9. The molecule has 1 nitrogen and oxygen atoms in total. The molecule has 1 fully saturated rings. The van der Waals surface area contributed by atoms with Gasteiger partial charge in [0.05, 0.1) is 0 Å². The minimum atomic E-state index is 0.139. The lowest BCUT2D eigenvalue weighted by atomic mass is 9.37. The fourth-order valence-corrected chi connectivity index (χ4v) is 7.98. The molecule has 0 saturated carbocycles. The Kier molecular flexibility index (Phi) is 5.92. The first kappa shape index (κ1) is 20.1. The Labute approximate surface area is 189 Å². The highest BCUT2D eigenvalue weighted by molar-refractivity contribution is 6.98. The molecule has 5 rings (SSSR count). The molecule has 0 aromatic heterocycles. The van der Waals surface area contributed by atoms with E-state index in [9.17, 15) is 0 Å². The Bertz CT molecular complexity index is 1000. The highest BCUT2D eigenvalue weighted by Gasteiger charge is 2.48.